The van der Waals surface area contributed by atoms with Gasteiger partial charge in [-0.05, 0) is 57.1 Å². The Bertz CT molecular complexity index is 552. The van der Waals surface area contributed by atoms with Gasteiger partial charge in [0.1, 0.15) is 0 Å². The zero-order valence-corrected chi connectivity index (χ0v) is 14.7. The number of allylic oxidation sites excluding steroid dienone is 1. The average molecular weight is 326 g/mol. The van der Waals surface area contributed by atoms with Gasteiger partial charge in [-0.2, -0.15) is 0 Å². The van der Waals surface area contributed by atoms with Crippen molar-refractivity contribution in [3.63, 3.8) is 0 Å². The molecule has 0 radical (unpaired) electrons. The molecule has 1 aromatic rings. The molecule has 130 valence electrons. The van der Waals surface area contributed by atoms with E-state index in [4.69, 9.17) is 0 Å². The molecule has 1 fully saturated rings. The minimum absolute atomic E-state index is 0.155. The van der Waals surface area contributed by atoms with Crippen LogP contribution in [0.2, 0.25) is 0 Å². The molecule has 2 aliphatic rings. The molecular formula is C21H30N2O. The standard InChI is InChI=1S/C21H30N2O/c24-21(22-14-13-18-8-3-1-4-9-18)20-12-7-15-23(17-20)16-19-10-5-2-6-11-19/h2,5-6,8,10-11,20H,1,3-4,7,9,12-17H2,(H,22,24)/t20-/m1/s1. The van der Waals surface area contributed by atoms with Gasteiger partial charge in [-0.1, -0.05) is 42.0 Å². The maximum absolute atomic E-state index is 12.5. The maximum Gasteiger partial charge on any atom is 0.224 e. The number of benzene rings is 1. The van der Waals surface area contributed by atoms with Crippen molar-refractivity contribution in [1.82, 2.24) is 10.2 Å². The molecule has 24 heavy (non-hydrogen) atoms. The Balaban J connectivity index is 1.42. The van der Waals surface area contributed by atoms with Crippen LogP contribution in [0.5, 0.6) is 0 Å². The van der Waals surface area contributed by atoms with Crippen LogP contribution in [-0.2, 0) is 11.3 Å². The first kappa shape index (κ1) is 17.2. The molecule has 1 N–H and O–H groups in total. The number of amides is 1. The third-order valence-corrected chi connectivity index (χ3v) is 5.26. The topological polar surface area (TPSA) is 32.3 Å². The van der Waals surface area contributed by atoms with Gasteiger partial charge in [0.25, 0.3) is 0 Å². The third-order valence-electron chi connectivity index (χ3n) is 5.26. The Morgan fingerprint density at radius 2 is 2.04 bits per heavy atom. The van der Waals surface area contributed by atoms with Gasteiger partial charge in [-0.25, -0.2) is 0 Å². The van der Waals surface area contributed by atoms with Crippen LogP contribution in [0.3, 0.4) is 0 Å². The summed E-state index contributed by atoms with van der Waals surface area (Å²) in [6.45, 7) is 3.76. The number of hydrogen-bond acceptors (Lipinski definition) is 2. The SMILES string of the molecule is O=C(NCCC1=CCCCC1)[C@@H]1CCCN(Cc2ccccc2)C1. The Hall–Kier alpha value is -1.61. The third kappa shape index (κ3) is 5.20. The van der Waals surface area contributed by atoms with Crippen LogP contribution < -0.4 is 5.32 Å². The second-order valence-electron chi connectivity index (χ2n) is 7.21. The number of nitrogens with zero attached hydrogens (tertiary/aromatic N) is 1. The average Bonchev–Trinajstić information content (AvgIpc) is 2.64. The van der Waals surface area contributed by atoms with Crippen molar-refractivity contribution in [2.24, 2.45) is 5.92 Å². The van der Waals surface area contributed by atoms with Gasteiger partial charge in [0.2, 0.25) is 5.91 Å². The molecule has 1 saturated heterocycles. The van der Waals surface area contributed by atoms with Gasteiger partial charge in [0.15, 0.2) is 0 Å². The molecule has 1 atom stereocenters. The van der Waals surface area contributed by atoms with Crippen molar-refractivity contribution in [1.29, 1.82) is 0 Å². The Labute approximate surface area is 146 Å². The fourth-order valence-electron chi connectivity index (χ4n) is 3.88. The largest absolute Gasteiger partial charge is 0.356 e. The van der Waals surface area contributed by atoms with Gasteiger partial charge < -0.3 is 5.32 Å². The normalized spacial score (nSPS) is 22.0. The summed E-state index contributed by atoms with van der Waals surface area (Å²) in [6.07, 6.45) is 10.6. The van der Waals surface area contributed by atoms with Crippen LogP contribution >= 0.6 is 0 Å². The molecule has 1 aliphatic carbocycles. The molecule has 1 aromatic carbocycles. The molecule has 1 amide bonds. The van der Waals surface area contributed by atoms with E-state index in [0.29, 0.717) is 0 Å². The van der Waals surface area contributed by atoms with E-state index < -0.39 is 0 Å². The first-order valence-corrected chi connectivity index (χ1v) is 9.53. The molecule has 3 nitrogen and oxygen atoms in total. The van der Waals surface area contributed by atoms with Gasteiger partial charge in [-0.15, -0.1) is 0 Å². The fraction of sp³-hybridized carbons (Fsp3) is 0.571. The molecule has 3 heteroatoms. The zero-order chi connectivity index (χ0) is 16.6. The summed E-state index contributed by atoms with van der Waals surface area (Å²) in [5.74, 6) is 0.409. The highest BCUT2D eigenvalue weighted by Crippen LogP contribution is 2.21. The van der Waals surface area contributed by atoms with Gasteiger partial charge >= 0.3 is 0 Å². The number of piperidine rings is 1. The van der Waals surface area contributed by atoms with E-state index in [1.807, 2.05) is 0 Å². The summed E-state index contributed by atoms with van der Waals surface area (Å²) >= 11 is 0. The fourth-order valence-corrected chi connectivity index (χ4v) is 3.88. The van der Waals surface area contributed by atoms with Gasteiger partial charge in [-0.3, -0.25) is 9.69 Å². The number of carbonyl (C=O) groups excluding carboxylic acids is 1. The molecule has 0 aromatic heterocycles. The highest BCUT2D eigenvalue weighted by atomic mass is 16.1. The predicted octanol–water partition coefficient (Wildman–Crippen LogP) is 3.91. The first-order chi connectivity index (χ1) is 11.8. The summed E-state index contributed by atoms with van der Waals surface area (Å²) < 4.78 is 0. The smallest absolute Gasteiger partial charge is 0.224 e. The lowest BCUT2D eigenvalue weighted by molar-refractivity contribution is -0.126. The Morgan fingerprint density at radius 1 is 1.17 bits per heavy atom. The first-order valence-electron chi connectivity index (χ1n) is 9.53. The molecule has 1 aliphatic heterocycles. The second-order valence-corrected chi connectivity index (χ2v) is 7.21. The lowest BCUT2D eigenvalue weighted by Gasteiger charge is -2.32. The highest BCUT2D eigenvalue weighted by Gasteiger charge is 2.25. The van der Waals surface area contributed by atoms with Crippen molar-refractivity contribution < 1.29 is 4.79 Å². The number of likely N-dealkylation sites (tertiary alicyclic amines) is 1. The van der Waals surface area contributed by atoms with Gasteiger partial charge in [0.05, 0.1) is 5.92 Å². The molecule has 0 saturated carbocycles. The monoisotopic (exact) mass is 326 g/mol. The molecule has 3 rings (SSSR count). The van der Waals surface area contributed by atoms with Gasteiger partial charge in [0, 0.05) is 19.6 Å². The van der Waals surface area contributed by atoms with E-state index in [2.05, 4.69) is 46.6 Å². The molecular weight excluding hydrogens is 296 g/mol. The Morgan fingerprint density at radius 3 is 2.83 bits per heavy atom. The maximum atomic E-state index is 12.5. The molecule has 0 spiro atoms. The van der Waals surface area contributed by atoms with Crippen LogP contribution in [0.25, 0.3) is 0 Å². The summed E-state index contributed by atoms with van der Waals surface area (Å²) in [4.78, 5) is 14.9. The van der Waals surface area contributed by atoms with E-state index in [9.17, 15) is 4.79 Å². The van der Waals surface area contributed by atoms with Crippen molar-refractivity contribution in [3.05, 3.63) is 47.5 Å². The van der Waals surface area contributed by atoms with Crippen LogP contribution in [0.15, 0.2) is 42.0 Å². The quantitative estimate of drug-likeness (QED) is 0.804. The van der Waals surface area contributed by atoms with E-state index in [1.54, 1.807) is 0 Å². The number of hydrogen-bond donors (Lipinski definition) is 1. The summed E-state index contributed by atoms with van der Waals surface area (Å²) in [6, 6.07) is 10.6. The van der Waals surface area contributed by atoms with Crippen LogP contribution in [0.1, 0.15) is 50.5 Å². The van der Waals surface area contributed by atoms with E-state index in [0.717, 1.165) is 45.4 Å². The summed E-state index contributed by atoms with van der Waals surface area (Å²) in [5, 5.41) is 3.18. The second kappa shape index (κ2) is 9.03. The summed E-state index contributed by atoms with van der Waals surface area (Å²) in [5.41, 5.74) is 2.87. The summed E-state index contributed by atoms with van der Waals surface area (Å²) in [7, 11) is 0. The van der Waals surface area contributed by atoms with Crippen molar-refractivity contribution in [2.45, 2.75) is 51.5 Å². The van der Waals surface area contributed by atoms with Crippen molar-refractivity contribution in [3.8, 4) is 0 Å². The molecule has 0 bridgehead atoms. The lowest BCUT2D eigenvalue weighted by Crippen LogP contribution is -2.42. The van der Waals surface area contributed by atoms with E-state index >= 15 is 0 Å². The number of carbonyl (C=O) groups is 1. The van der Waals surface area contributed by atoms with Crippen LogP contribution in [0, 0.1) is 5.92 Å². The predicted molar refractivity (Wildman–Crippen MR) is 98.6 cm³/mol. The minimum Gasteiger partial charge on any atom is -0.356 e. The van der Waals surface area contributed by atoms with Crippen LogP contribution in [-0.4, -0.2) is 30.4 Å². The number of nitrogens with one attached hydrogen (secondary N) is 1. The van der Waals surface area contributed by atoms with E-state index in [1.165, 1.54) is 36.8 Å². The zero-order valence-electron chi connectivity index (χ0n) is 14.7. The molecule has 1 heterocycles. The van der Waals surface area contributed by atoms with Crippen LogP contribution in [0.4, 0.5) is 0 Å². The number of rotatable bonds is 6. The van der Waals surface area contributed by atoms with Crippen molar-refractivity contribution in [2.75, 3.05) is 19.6 Å². The van der Waals surface area contributed by atoms with Crippen molar-refractivity contribution >= 4 is 5.91 Å². The van der Waals surface area contributed by atoms with E-state index in [-0.39, 0.29) is 11.8 Å². The Kier molecular flexibility index (Phi) is 6.48. The lowest BCUT2D eigenvalue weighted by atomic mass is 9.95. The highest BCUT2D eigenvalue weighted by molar-refractivity contribution is 5.78. The minimum atomic E-state index is 0.155. The molecule has 0 unspecified atom stereocenters.